The van der Waals surface area contributed by atoms with Crippen molar-refractivity contribution in [2.75, 3.05) is 13.7 Å². The molecule has 0 unspecified atom stereocenters. The molecule has 3 rings (SSSR count). The maximum Gasteiger partial charge on any atom is 0.230 e. The third-order valence-electron chi connectivity index (χ3n) is 4.74. The van der Waals surface area contributed by atoms with Gasteiger partial charge in [-0.05, 0) is 61.7 Å². The number of fused-ring (bicyclic) bond motifs is 1. The third-order valence-corrected chi connectivity index (χ3v) is 4.74. The van der Waals surface area contributed by atoms with Crippen molar-refractivity contribution in [3.63, 3.8) is 0 Å². The summed E-state index contributed by atoms with van der Waals surface area (Å²) in [5, 5.41) is 3.96. The fourth-order valence-electron chi connectivity index (χ4n) is 3.06. The molecule has 1 heterocycles. The standard InChI is InChI=1S/C21H23FN2O2/c1-21(2,18-13-24-19-9-8-16(26-3)12-17(18)19)20(25)23-11-10-14-4-6-15(22)7-5-14/h4-9,12-13,24H,10-11H2,1-3H3,(H,23,25). The van der Waals surface area contributed by atoms with Crippen LogP contribution in [0.15, 0.2) is 48.7 Å². The van der Waals surface area contributed by atoms with Gasteiger partial charge in [0, 0.05) is 23.6 Å². The number of carbonyl (C=O) groups is 1. The maximum atomic E-state index is 13.0. The highest BCUT2D eigenvalue weighted by atomic mass is 19.1. The van der Waals surface area contributed by atoms with Crippen molar-refractivity contribution in [1.82, 2.24) is 10.3 Å². The minimum absolute atomic E-state index is 0.0525. The highest BCUT2D eigenvalue weighted by Crippen LogP contribution is 2.32. The molecule has 26 heavy (non-hydrogen) atoms. The van der Waals surface area contributed by atoms with Crippen LogP contribution in [0.1, 0.15) is 25.0 Å². The van der Waals surface area contributed by atoms with E-state index < -0.39 is 5.41 Å². The van der Waals surface area contributed by atoms with E-state index in [1.165, 1.54) is 12.1 Å². The lowest BCUT2D eigenvalue weighted by molar-refractivity contribution is -0.125. The van der Waals surface area contributed by atoms with Gasteiger partial charge >= 0.3 is 0 Å². The third kappa shape index (κ3) is 3.57. The number of hydrogen-bond donors (Lipinski definition) is 2. The summed E-state index contributed by atoms with van der Waals surface area (Å²) in [4.78, 5) is 16.0. The summed E-state index contributed by atoms with van der Waals surface area (Å²) in [6.45, 7) is 4.31. The summed E-state index contributed by atoms with van der Waals surface area (Å²) < 4.78 is 18.3. The number of rotatable bonds is 6. The maximum absolute atomic E-state index is 13.0. The van der Waals surface area contributed by atoms with Crippen LogP contribution in [0.5, 0.6) is 5.75 Å². The van der Waals surface area contributed by atoms with Crippen molar-refractivity contribution in [2.24, 2.45) is 0 Å². The first-order valence-electron chi connectivity index (χ1n) is 8.60. The average Bonchev–Trinajstić information content (AvgIpc) is 3.07. The second-order valence-electron chi connectivity index (χ2n) is 6.87. The fraction of sp³-hybridized carbons (Fsp3) is 0.286. The topological polar surface area (TPSA) is 54.1 Å². The summed E-state index contributed by atoms with van der Waals surface area (Å²) in [7, 11) is 1.63. The van der Waals surface area contributed by atoms with Crippen molar-refractivity contribution in [3.05, 3.63) is 65.6 Å². The minimum atomic E-state index is -0.701. The zero-order valence-corrected chi connectivity index (χ0v) is 15.2. The minimum Gasteiger partial charge on any atom is -0.497 e. The number of nitrogens with one attached hydrogen (secondary N) is 2. The normalized spacial score (nSPS) is 11.5. The molecular weight excluding hydrogens is 331 g/mol. The summed E-state index contributed by atoms with van der Waals surface area (Å²) in [6.07, 6.45) is 2.54. The molecule has 0 saturated heterocycles. The van der Waals surface area contributed by atoms with Gasteiger partial charge in [-0.15, -0.1) is 0 Å². The molecule has 0 aliphatic carbocycles. The molecule has 0 saturated carbocycles. The lowest BCUT2D eigenvalue weighted by Gasteiger charge is -2.23. The van der Waals surface area contributed by atoms with Gasteiger partial charge in [0.15, 0.2) is 0 Å². The van der Waals surface area contributed by atoms with E-state index in [1.807, 2.05) is 38.2 Å². The van der Waals surface area contributed by atoms with E-state index in [0.29, 0.717) is 13.0 Å². The van der Waals surface area contributed by atoms with Crippen LogP contribution < -0.4 is 10.1 Å². The van der Waals surface area contributed by atoms with Gasteiger partial charge in [0.1, 0.15) is 11.6 Å². The van der Waals surface area contributed by atoms with Crippen molar-refractivity contribution < 1.29 is 13.9 Å². The van der Waals surface area contributed by atoms with Gasteiger partial charge in [-0.25, -0.2) is 4.39 Å². The fourth-order valence-corrected chi connectivity index (χ4v) is 3.06. The van der Waals surface area contributed by atoms with Crippen LogP contribution in [0, 0.1) is 5.82 Å². The van der Waals surface area contributed by atoms with Gasteiger partial charge in [-0.3, -0.25) is 4.79 Å². The second kappa shape index (κ2) is 7.20. The second-order valence-corrected chi connectivity index (χ2v) is 6.87. The first-order valence-corrected chi connectivity index (χ1v) is 8.60. The summed E-state index contributed by atoms with van der Waals surface area (Å²) in [5.41, 5.74) is 2.17. The van der Waals surface area contributed by atoms with Crippen LogP contribution >= 0.6 is 0 Å². The Morgan fingerprint density at radius 3 is 2.62 bits per heavy atom. The number of carbonyl (C=O) groups excluding carboxylic acids is 1. The van der Waals surface area contributed by atoms with Gasteiger partial charge in [-0.2, -0.15) is 0 Å². The molecule has 4 nitrogen and oxygen atoms in total. The molecule has 0 spiro atoms. The van der Waals surface area contributed by atoms with Crippen LogP contribution in [0.4, 0.5) is 4.39 Å². The molecule has 136 valence electrons. The van der Waals surface area contributed by atoms with E-state index in [1.54, 1.807) is 19.2 Å². The van der Waals surface area contributed by atoms with Crippen LogP contribution in [0.25, 0.3) is 10.9 Å². The predicted octanol–water partition coefficient (Wildman–Crippen LogP) is 3.95. The zero-order chi connectivity index (χ0) is 18.7. The molecule has 0 atom stereocenters. The first kappa shape index (κ1) is 18.0. The first-order chi connectivity index (χ1) is 12.4. The Kier molecular flexibility index (Phi) is 4.98. The van der Waals surface area contributed by atoms with Gasteiger partial charge < -0.3 is 15.0 Å². The van der Waals surface area contributed by atoms with Crippen molar-refractivity contribution in [2.45, 2.75) is 25.7 Å². The van der Waals surface area contributed by atoms with E-state index in [9.17, 15) is 9.18 Å². The van der Waals surface area contributed by atoms with E-state index in [4.69, 9.17) is 4.74 Å². The Bertz CT molecular complexity index is 913. The molecular formula is C21H23FN2O2. The van der Waals surface area contributed by atoms with E-state index in [-0.39, 0.29) is 11.7 Å². The van der Waals surface area contributed by atoms with Gasteiger partial charge in [0.25, 0.3) is 0 Å². The number of aromatic nitrogens is 1. The van der Waals surface area contributed by atoms with Gasteiger partial charge in [-0.1, -0.05) is 12.1 Å². The number of hydrogen-bond acceptors (Lipinski definition) is 2. The lowest BCUT2D eigenvalue weighted by atomic mass is 9.83. The van der Waals surface area contributed by atoms with Crippen LogP contribution in [-0.4, -0.2) is 24.5 Å². The van der Waals surface area contributed by atoms with Gasteiger partial charge in [0.05, 0.1) is 12.5 Å². The van der Waals surface area contributed by atoms with Crippen molar-refractivity contribution in [1.29, 1.82) is 0 Å². The average molecular weight is 354 g/mol. The Hall–Kier alpha value is -2.82. The molecule has 1 amide bonds. The number of amides is 1. The molecule has 0 fully saturated rings. The number of benzene rings is 2. The molecule has 0 radical (unpaired) electrons. The predicted molar refractivity (Wildman–Crippen MR) is 101 cm³/mol. The Labute approximate surface area is 152 Å². The molecule has 5 heteroatoms. The highest BCUT2D eigenvalue weighted by Gasteiger charge is 2.32. The van der Waals surface area contributed by atoms with Crippen LogP contribution in [0.3, 0.4) is 0 Å². The number of halogens is 1. The van der Waals surface area contributed by atoms with Crippen LogP contribution in [0.2, 0.25) is 0 Å². The summed E-state index contributed by atoms with van der Waals surface area (Å²) in [6, 6.07) is 12.1. The Balaban J connectivity index is 1.72. The Morgan fingerprint density at radius 1 is 1.19 bits per heavy atom. The number of aromatic amines is 1. The summed E-state index contributed by atoms with van der Waals surface area (Å²) in [5.74, 6) is 0.447. The van der Waals surface area contributed by atoms with Crippen molar-refractivity contribution >= 4 is 16.8 Å². The largest absolute Gasteiger partial charge is 0.497 e. The van der Waals surface area contributed by atoms with E-state index in [0.717, 1.165) is 27.8 Å². The zero-order valence-electron chi connectivity index (χ0n) is 15.2. The molecule has 3 aromatic rings. The molecule has 0 aliphatic rings. The molecule has 0 aliphatic heterocycles. The van der Waals surface area contributed by atoms with E-state index in [2.05, 4.69) is 10.3 Å². The molecule has 0 bridgehead atoms. The number of H-pyrrole nitrogens is 1. The molecule has 2 aromatic carbocycles. The van der Waals surface area contributed by atoms with Crippen LogP contribution in [-0.2, 0) is 16.6 Å². The van der Waals surface area contributed by atoms with E-state index >= 15 is 0 Å². The quantitative estimate of drug-likeness (QED) is 0.704. The summed E-state index contributed by atoms with van der Waals surface area (Å²) >= 11 is 0. The Morgan fingerprint density at radius 2 is 1.92 bits per heavy atom. The van der Waals surface area contributed by atoms with Crippen molar-refractivity contribution in [3.8, 4) is 5.75 Å². The van der Waals surface area contributed by atoms with Gasteiger partial charge in [0.2, 0.25) is 5.91 Å². The highest BCUT2D eigenvalue weighted by molar-refractivity contribution is 5.95. The lowest BCUT2D eigenvalue weighted by Crippen LogP contribution is -2.40. The number of methoxy groups -OCH3 is 1. The smallest absolute Gasteiger partial charge is 0.230 e. The monoisotopic (exact) mass is 354 g/mol. The molecule has 2 N–H and O–H groups in total. The number of ether oxygens (including phenoxy) is 1. The SMILES string of the molecule is COc1ccc2[nH]cc(C(C)(C)C(=O)NCCc3ccc(F)cc3)c2c1. The molecule has 1 aromatic heterocycles.